The van der Waals surface area contributed by atoms with E-state index in [1.807, 2.05) is 19.1 Å². The fourth-order valence-electron chi connectivity index (χ4n) is 3.00. The zero-order valence-electron chi connectivity index (χ0n) is 14.3. The number of aliphatic imine (C=N–C) groups is 1. The Kier molecular flexibility index (Phi) is 4.98. The van der Waals surface area contributed by atoms with E-state index in [2.05, 4.69) is 37.5 Å². The van der Waals surface area contributed by atoms with Crippen LogP contribution >= 0.6 is 0 Å². The maximum absolute atomic E-state index is 5.22. The van der Waals surface area contributed by atoms with E-state index in [-0.39, 0.29) is 0 Å². The molecule has 1 atom stereocenters. The molecule has 1 aliphatic rings. The Morgan fingerprint density at radius 2 is 2.21 bits per heavy atom. The minimum absolute atomic E-state index is 0.483. The molecule has 0 aliphatic carbocycles. The van der Waals surface area contributed by atoms with Crippen molar-refractivity contribution in [1.29, 1.82) is 0 Å². The van der Waals surface area contributed by atoms with E-state index >= 15 is 0 Å². The van der Waals surface area contributed by atoms with E-state index in [1.54, 1.807) is 14.2 Å². The molecule has 0 bridgehead atoms. The molecule has 3 rings (SSSR count). The van der Waals surface area contributed by atoms with Crippen molar-refractivity contribution in [3.05, 3.63) is 41.5 Å². The van der Waals surface area contributed by atoms with Crippen LogP contribution in [-0.4, -0.2) is 48.2 Å². The number of hydrogen-bond donors (Lipinski definition) is 1. The number of nitrogens with zero attached hydrogens (tertiary/aromatic N) is 4. The quantitative estimate of drug-likeness (QED) is 0.682. The number of guanidine groups is 1. The summed E-state index contributed by atoms with van der Waals surface area (Å²) in [5.41, 5.74) is 1.33. The molecule has 1 fully saturated rings. The van der Waals surface area contributed by atoms with Crippen LogP contribution in [0, 0.1) is 6.92 Å². The van der Waals surface area contributed by atoms with Crippen molar-refractivity contribution in [1.82, 2.24) is 20.4 Å². The van der Waals surface area contributed by atoms with Crippen molar-refractivity contribution in [3.8, 4) is 5.75 Å². The summed E-state index contributed by atoms with van der Waals surface area (Å²) >= 11 is 0. The van der Waals surface area contributed by atoms with E-state index < -0.39 is 0 Å². The Bertz CT molecular complexity index is 695. The van der Waals surface area contributed by atoms with Gasteiger partial charge in [0.25, 0.3) is 0 Å². The van der Waals surface area contributed by atoms with Gasteiger partial charge in [0.1, 0.15) is 5.75 Å². The van der Waals surface area contributed by atoms with Crippen molar-refractivity contribution in [2.45, 2.75) is 25.8 Å². The first kappa shape index (κ1) is 16.3. The first-order valence-corrected chi connectivity index (χ1v) is 8.08. The molecule has 0 amide bonds. The molecule has 1 aliphatic heterocycles. The van der Waals surface area contributed by atoms with Gasteiger partial charge in [0, 0.05) is 26.1 Å². The molecule has 128 valence electrons. The highest BCUT2D eigenvalue weighted by Gasteiger charge is 2.26. The first-order valence-electron chi connectivity index (χ1n) is 8.08. The van der Waals surface area contributed by atoms with Crippen LogP contribution in [0.3, 0.4) is 0 Å². The Labute approximate surface area is 141 Å². The van der Waals surface area contributed by atoms with Crippen LogP contribution in [0.1, 0.15) is 29.6 Å². The molecular weight excluding hydrogens is 306 g/mol. The van der Waals surface area contributed by atoms with E-state index in [4.69, 9.17) is 9.26 Å². The van der Waals surface area contributed by atoms with Gasteiger partial charge in [0.05, 0.1) is 13.7 Å². The van der Waals surface area contributed by atoms with Gasteiger partial charge in [0.15, 0.2) is 11.8 Å². The van der Waals surface area contributed by atoms with E-state index in [1.165, 1.54) is 5.56 Å². The summed E-state index contributed by atoms with van der Waals surface area (Å²) in [5, 5.41) is 7.08. The van der Waals surface area contributed by atoms with E-state index in [9.17, 15) is 0 Å². The average Bonchev–Trinajstić information content (AvgIpc) is 3.25. The van der Waals surface area contributed by atoms with Crippen LogP contribution in [0.4, 0.5) is 0 Å². The molecule has 2 heterocycles. The van der Waals surface area contributed by atoms with Crippen molar-refractivity contribution < 1.29 is 9.26 Å². The highest BCUT2D eigenvalue weighted by molar-refractivity contribution is 5.80. The minimum atomic E-state index is 0.483. The summed E-state index contributed by atoms with van der Waals surface area (Å²) in [6.45, 7) is 4.20. The molecule has 0 radical (unpaired) electrons. The predicted octanol–water partition coefficient (Wildman–Crippen LogP) is 1.95. The number of aromatic nitrogens is 2. The average molecular weight is 329 g/mol. The second-order valence-corrected chi connectivity index (χ2v) is 5.84. The van der Waals surface area contributed by atoms with Crippen molar-refractivity contribution in [2.24, 2.45) is 4.99 Å². The number of methoxy groups -OCH3 is 1. The predicted molar refractivity (Wildman–Crippen MR) is 91.2 cm³/mol. The summed E-state index contributed by atoms with van der Waals surface area (Å²) in [6, 6.07) is 8.32. The summed E-state index contributed by atoms with van der Waals surface area (Å²) < 4.78 is 10.3. The van der Waals surface area contributed by atoms with Gasteiger partial charge in [-0.25, -0.2) is 0 Å². The highest BCUT2D eigenvalue weighted by Crippen LogP contribution is 2.28. The van der Waals surface area contributed by atoms with E-state index in [0.717, 1.165) is 31.2 Å². The standard InChI is InChI=1S/C17H23N5O2/c1-12-20-16(24-21-12)10-19-17(18-2)22-9-8-14(11-22)13-4-6-15(23-3)7-5-13/h4-7,14H,8-11H2,1-3H3,(H,18,19). The number of likely N-dealkylation sites (tertiary alicyclic amines) is 1. The van der Waals surface area contributed by atoms with Crippen molar-refractivity contribution >= 4 is 5.96 Å². The fraction of sp³-hybridized carbons (Fsp3) is 0.471. The Balaban J connectivity index is 1.58. The van der Waals surface area contributed by atoms with Crippen LogP contribution in [-0.2, 0) is 6.54 Å². The van der Waals surface area contributed by atoms with Crippen molar-refractivity contribution in [2.75, 3.05) is 27.2 Å². The summed E-state index contributed by atoms with van der Waals surface area (Å²) in [4.78, 5) is 10.8. The zero-order chi connectivity index (χ0) is 16.9. The third-order valence-electron chi connectivity index (χ3n) is 4.25. The number of ether oxygens (including phenoxy) is 1. The van der Waals surface area contributed by atoms with Crippen LogP contribution in [0.5, 0.6) is 5.75 Å². The van der Waals surface area contributed by atoms with Crippen LogP contribution in [0.15, 0.2) is 33.8 Å². The van der Waals surface area contributed by atoms with Gasteiger partial charge in [-0.3, -0.25) is 4.99 Å². The molecule has 1 aromatic carbocycles. The number of rotatable bonds is 4. The normalized spacial score (nSPS) is 18.0. The topological polar surface area (TPSA) is 75.8 Å². The number of benzene rings is 1. The maximum atomic E-state index is 5.22. The third-order valence-corrected chi connectivity index (χ3v) is 4.25. The van der Waals surface area contributed by atoms with Gasteiger partial charge < -0.3 is 19.5 Å². The van der Waals surface area contributed by atoms with Gasteiger partial charge in [-0.15, -0.1) is 0 Å². The van der Waals surface area contributed by atoms with Crippen LogP contribution < -0.4 is 10.1 Å². The maximum Gasteiger partial charge on any atom is 0.246 e. The van der Waals surface area contributed by atoms with Crippen LogP contribution in [0.2, 0.25) is 0 Å². The zero-order valence-corrected chi connectivity index (χ0v) is 14.3. The number of nitrogens with one attached hydrogen (secondary N) is 1. The molecule has 7 nitrogen and oxygen atoms in total. The lowest BCUT2D eigenvalue weighted by molar-refractivity contribution is 0.368. The molecule has 7 heteroatoms. The SMILES string of the molecule is CN=C(NCc1nc(C)no1)N1CCC(c2ccc(OC)cc2)C1. The molecule has 1 unspecified atom stereocenters. The molecule has 0 spiro atoms. The molecule has 2 aromatic rings. The second kappa shape index (κ2) is 7.33. The molecular formula is C17H23N5O2. The van der Waals surface area contributed by atoms with Gasteiger partial charge in [-0.1, -0.05) is 17.3 Å². The molecule has 1 saturated heterocycles. The summed E-state index contributed by atoms with van der Waals surface area (Å²) in [5.74, 6) is 3.46. The Morgan fingerprint density at radius 3 is 2.83 bits per heavy atom. The smallest absolute Gasteiger partial charge is 0.246 e. The lowest BCUT2D eigenvalue weighted by Gasteiger charge is -2.21. The first-order chi connectivity index (χ1) is 11.7. The lowest BCUT2D eigenvalue weighted by Crippen LogP contribution is -2.39. The Morgan fingerprint density at radius 1 is 1.42 bits per heavy atom. The monoisotopic (exact) mass is 329 g/mol. The van der Waals surface area contributed by atoms with Crippen molar-refractivity contribution in [3.63, 3.8) is 0 Å². The third kappa shape index (κ3) is 3.67. The minimum Gasteiger partial charge on any atom is -0.497 e. The fourth-order valence-corrected chi connectivity index (χ4v) is 3.00. The molecule has 1 N–H and O–H groups in total. The number of hydrogen-bond acceptors (Lipinski definition) is 5. The largest absolute Gasteiger partial charge is 0.497 e. The highest BCUT2D eigenvalue weighted by atomic mass is 16.5. The van der Waals surface area contributed by atoms with Gasteiger partial charge in [0.2, 0.25) is 5.89 Å². The van der Waals surface area contributed by atoms with Gasteiger partial charge in [-0.2, -0.15) is 4.98 Å². The number of aryl methyl sites for hydroxylation is 1. The van der Waals surface area contributed by atoms with Gasteiger partial charge in [-0.05, 0) is 31.0 Å². The molecule has 0 saturated carbocycles. The Hall–Kier alpha value is -2.57. The van der Waals surface area contributed by atoms with Gasteiger partial charge >= 0.3 is 0 Å². The molecule has 1 aromatic heterocycles. The summed E-state index contributed by atoms with van der Waals surface area (Å²) in [6.07, 6.45) is 1.10. The van der Waals surface area contributed by atoms with E-state index in [0.29, 0.717) is 24.2 Å². The lowest BCUT2D eigenvalue weighted by atomic mass is 9.98. The summed E-state index contributed by atoms with van der Waals surface area (Å²) in [7, 11) is 3.48. The van der Waals surface area contributed by atoms with Crippen LogP contribution in [0.25, 0.3) is 0 Å². The second-order valence-electron chi connectivity index (χ2n) is 5.84. The molecule has 24 heavy (non-hydrogen) atoms.